The maximum Gasteiger partial charge on any atom is 0.453 e. The predicted octanol–water partition coefficient (Wildman–Crippen LogP) is 4.29. The molecule has 1 heterocycles. The van der Waals surface area contributed by atoms with Crippen molar-refractivity contribution in [2.75, 3.05) is 12.4 Å². The highest BCUT2D eigenvalue weighted by Gasteiger charge is 2.57. The lowest BCUT2D eigenvalue weighted by Crippen LogP contribution is -2.37. The van der Waals surface area contributed by atoms with Crippen LogP contribution < -0.4 is 4.57 Å². The molecule has 6 nitrogen and oxygen atoms in total. The van der Waals surface area contributed by atoms with Gasteiger partial charge >= 0.3 is 18.1 Å². The molecule has 12 heteroatoms. The Hall–Kier alpha value is -1.82. The summed E-state index contributed by atoms with van der Waals surface area (Å²) in [6, 6.07) is 3.63. The topological polar surface area (TPSA) is 84.5 Å². The van der Waals surface area contributed by atoms with E-state index in [1.165, 1.54) is 6.92 Å². The summed E-state index contributed by atoms with van der Waals surface area (Å²) in [5.74, 6) is -6.86. The number of carbonyl (C=O) groups excluding carboxylic acids is 1. The monoisotopic (exact) mass is 490 g/mol. The van der Waals surface area contributed by atoms with Crippen molar-refractivity contribution < 1.29 is 49.0 Å². The third-order valence-electron chi connectivity index (χ3n) is 4.96. The van der Waals surface area contributed by atoms with Gasteiger partial charge in [0.25, 0.3) is 10.1 Å². The molecule has 0 bridgehead atoms. The number of ether oxygens (including phenoxy) is 1. The van der Waals surface area contributed by atoms with Crippen molar-refractivity contribution in [2.24, 2.45) is 5.92 Å². The Kier molecular flexibility index (Phi) is 10.5. The second-order valence-electron chi connectivity index (χ2n) is 7.75. The predicted molar refractivity (Wildman–Crippen MR) is 106 cm³/mol. The summed E-state index contributed by atoms with van der Waals surface area (Å²) < 4.78 is 99.1. The molecule has 0 amide bonds. The molecule has 0 fully saturated rings. The summed E-state index contributed by atoms with van der Waals surface area (Å²) in [5, 5.41) is 0. The first kappa shape index (κ1) is 28.2. The molecule has 0 aliphatic carbocycles. The number of hydrogen-bond donors (Lipinski definition) is 1. The molecule has 0 saturated carbocycles. The number of pyridine rings is 1. The fourth-order valence-corrected chi connectivity index (χ4v) is 3.67. The second-order valence-corrected chi connectivity index (χ2v) is 9.32. The summed E-state index contributed by atoms with van der Waals surface area (Å²) >= 11 is 0. The Morgan fingerprint density at radius 3 is 2.28 bits per heavy atom. The van der Waals surface area contributed by atoms with Crippen LogP contribution >= 0.6 is 0 Å². The van der Waals surface area contributed by atoms with E-state index < -0.39 is 47.1 Å². The van der Waals surface area contributed by atoms with Gasteiger partial charge in [0.2, 0.25) is 0 Å². The number of hydrogen-bond acceptors (Lipinski definition) is 4. The molecule has 2 atom stereocenters. The van der Waals surface area contributed by atoms with E-state index in [2.05, 4.69) is 4.74 Å². The molecular formula is C20H29F5NO5S+. The zero-order valence-electron chi connectivity index (χ0n) is 17.9. The molecular weight excluding hydrogens is 461 g/mol. The van der Waals surface area contributed by atoms with Gasteiger partial charge in [-0.2, -0.15) is 30.4 Å². The average molecular weight is 491 g/mol. The van der Waals surface area contributed by atoms with Crippen LogP contribution in [0, 0.1) is 5.92 Å². The van der Waals surface area contributed by atoms with E-state index in [4.69, 9.17) is 4.55 Å². The normalized spacial score (nSPS) is 14.8. The lowest BCUT2D eigenvalue weighted by Gasteiger charge is -2.21. The van der Waals surface area contributed by atoms with Gasteiger partial charge in [-0.3, -0.25) is 9.35 Å². The number of rotatable bonds is 13. The van der Waals surface area contributed by atoms with E-state index >= 15 is 0 Å². The highest BCUT2D eigenvalue weighted by atomic mass is 32.2. The SMILES string of the molecule is CCCC(CC(C)C(=O)OCCC(F)(F)C(F)(F)F)c1cc[n+](CCCS(=O)(=O)O)cc1. The Balaban J connectivity index is 2.64. The van der Waals surface area contributed by atoms with Crippen molar-refractivity contribution in [3.8, 4) is 0 Å². The van der Waals surface area contributed by atoms with Crippen molar-refractivity contribution in [1.29, 1.82) is 0 Å². The molecule has 1 aromatic heterocycles. The van der Waals surface area contributed by atoms with Gasteiger partial charge < -0.3 is 4.74 Å². The minimum Gasteiger partial charge on any atom is -0.465 e. The number of carbonyl (C=O) groups is 1. The van der Waals surface area contributed by atoms with E-state index in [-0.39, 0.29) is 18.1 Å². The fourth-order valence-electron chi connectivity index (χ4n) is 3.18. The Labute approximate surface area is 184 Å². The molecule has 184 valence electrons. The van der Waals surface area contributed by atoms with Gasteiger partial charge in [-0.15, -0.1) is 0 Å². The maximum atomic E-state index is 12.9. The largest absolute Gasteiger partial charge is 0.465 e. The van der Waals surface area contributed by atoms with Crippen LogP contribution in [-0.4, -0.2) is 43.4 Å². The van der Waals surface area contributed by atoms with Gasteiger partial charge in [0.15, 0.2) is 12.4 Å². The minimum atomic E-state index is -5.69. The van der Waals surface area contributed by atoms with Crippen molar-refractivity contribution in [1.82, 2.24) is 0 Å². The standard InChI is InChI=1S/C20H28F5NO5S/c1-3-5-17(16-6-10-26(11-7-16)9-4-13-32(28,29)30)14-15(2)18(27)31-12-8-19(21,22)20(23,24)25/h6-7,10-11,15,17H,3-5,8-9,12-14H2,1-2H3/p+1. The number of halogens is 5. The molecule has 2 unspecified atom stereocenters. The molecule has 0 saturated heterocycles. The highest BCUT2D eigenvalue weighted by molar-refractivity contribution is 7.85. The summed E-state index contributed by atoms with van der Waals surface area (Å²) in [6.45, 7) is 2.84. The van der Waals surface area contributed by atoms with Gasteiger partial charge in [-0.25, -0.2) is 4.57 Å². The lowest BCUT2D eigenvalue weighted by molar-refractivity contribution is -0.696. The van der Waals surface area contributed by atoms with Crippen molar-refractivity contribution in [3.05, 3.63) is 30.1 Å². The van der Waals surface area contributed by atoms with E-state index in [9.17, 15) is 35.2 Å². The minimum absolute atomic E-state index is 0.0633. The zero-order valence-corrected chi connectivity index (χ0v) is 18.8. The third kappa shape index (κ3) is 9.76. The van der Waals surface area contributed by atoms with Crippen LogP contribution in [0.3, 0.4) is 0 Å². The van der Waals surface area contributed by atoms with Gasteiger partial charge in [-0.1, -0.05) is 20.3 Å². The van der Waals surface area contributed by atoms with Crippen molar-refractivity contribution in [3.63, 3.8) is 0 Å². The second kappa shape index (κ2) is 11.9. The van der Waals surface area contributed by atoms with E-state index in [1.54, 1.807) is 17.0 Å². The molecule has 0 radical (unpaired) electrons. The quantitative estimate of drug-likeness (QED) is 0.193. The van der Waals surface area contributed by atoms with Gasteiger partial charge in [0.1, 0.15) is 6.54 Å². The van der Waals surface area contributed by atoms with Crippen LogP contribution in [0.1, 0.15) is 57.4 Å². The summed E-state index contributed by atoms with van der Waals surface area (Å²) in [5.41, 5.74) is 0.904. The van der Waals surface area contributed by atoms with Crippen LogP contribution in [0.25, 0.3) is 0 Å². The van der Waals surface area contributed by atoms with Crippen LogP contribution in [0.15, 0.2) is 24.5 Å². The zero-order chi connectivity index (χ0) is 24.6. The van der Waals surface area contributed by atoms with Gasteiger partial charge in [-0.05, 0) is 24.3 Å². The Morgan fingerprint density at radius 1 is 1.19 bits per heavy atom. The molecule has 0 aromatic carbocycles. The Morgan fingerprint density at radius 2 is 1.78 bits per heavy atom. The van der Waals surface area contributed by atoms with Crippen LogP contribution in [-0.2, 0) is 26.2 Å². The third-order valence-corrected chi connectivity index (χ3v) is 5.76. The maximum absolute atomic E-state index is 12.9. The van der Waals surface area contributed by atoms with E-state index in [0.29, 0.717) is 13.0 Å². The number of aromatic nitrogens is 1. The van der Waals surface area contributed by atoms with E-state index in [0.717, 1.165) is 18.4 Å². The lowest BCUT2D eigenvalue weighted by atomic mass is 9.87. The first-order valence-corrected chi connectivity index (χ1v) is 11.8. The number of nitrogens with zero attached hydrogens (tertiary/aromatic N) is 1. The summed E-state index contributed by atoms with van der Waals surface area (Å²) in [4.78, 5) is 12.1. The average Bonchev–Trinajstić information content (AvgIpc) is 2.66. The molecule has 32 heavy (non-hydrogen) atoms. The summed E-state index contributed by atoms with van der Waals surface area (Å²) in [7, 11) is -4.02. The number of aryl methyl sites for hydroxylation is 1. The summed E-state index contributed by atoms with van der Waals surface area (Å²) in [6.07, 6.45) is -1.75. The molecule has 0 spiro atoms. The molecule has 0 aliphatic heterocycles. The van der Waals surface area contributed by atoms with E-state index in [1.807, 2.05) is 19.1 Å². The molecule has 0 aliphatic rings. The molecule has 1 rings (SSSR count). The van der Waals surface area contributed by atoms with Crippen molar-refractivity contribution in [2.45, 2.75) is 70.5 Å². The first-order chi connectivity index (χ1) is 14.7. The van der Waals surface area contributed by atoms with Crippen LogP contribution in [0.2, 0.25) is 0 Å². The van der Waals surface area contributed by atoms with Gasteiger partial charge in [0.05, 0.1) is 24.7 Å². The molecule has 1 aromatic rings. The van der Waals surface area contributed by atoms with Crippen LogP contribution in [0.4, 0.5) is 22.0 Å². The highest BCUT2D eigenvalue weighted by Crippen LogP contribution is 2.38. The van der Waals surface area contributed by atoms with Gasteiger partial charge in [0, 0.05) is 18.6 Å². The smallest absolute Gasteiger partial charge is 0.453 e. The number of alkyl halides is 5. The van der Waals surface area contributed by atoms with Crippen LogP contribution in [0.5, 0.6) is 0 Å². The van der Waals surface area contributed by atoms with Crippen molar-refractivity contribution >= 4 is 16.1 Å². The first-order valence-electron chi connectivity index (χ1n) is 10.2. The molecule has 1 N–H and O–H groups in total. The Bertz CT molecular complexity index is 828. The fraction of sp³-hybridized carbons (Fsp3) is 0.700. The number of esters is 1.